The molecule has 128 valence electrons. The number of allylic oxidation sites excluding steroid dienone is 2. The molecule has 0 aliphatic heterocycles. The van der Waals surface area contributed by atoms with Crippen LogP contribution in [0.5, 0.6) is 0 Å². The largest absolute Gasteiger partial charge is 0.481 e. The van der Waals surface area contributed by atoms with E-state index in [0.717, 1.165) is 11.1 Å². The Hall–Kier alpha value is -2.88. The molecular formula is C21H20O4. The van der Waals surface area contributed by atoms with E-state index in [9.17, 15) is 14.7 Å². The van der Waals surface area contributed by atoms with E-state index in [-0.39, 0.29) is 11.8 Å². The van der Waals surface area contributed by atoms with E-state index in [1.165, 1.54) is 7.11 Å². The van der Waals surface area contributed by atoms with E-state index >= 15 is 0 Å². The maximum Gasteiger partial charge on any atom is 0.310 e. The van der Waals surface area contributed by atoms with Crippen molar-refractivity contribution in [2.75, 3.05) is 7.11 Å². The predicted molar refractivity (Wildman–Crippen MR) is 94.1 cm³/mol. The van der Waals surface area contributed by atoms with E-state index in [2.05, 4.69) is 0 Å². The summed E-state index contributed by atoms with van der Waals surface area (Å²) in [6.07, 6.45) is 3.85. The molecule has 0 spiro atoms. The summed E-state index contributed by atoms with van der Waals surface area (Å²) in [5, 5.41) is 9.91. The van der Waals surface area contributed by atoms with Crippen LogP contribution in [0.15, 0.2) is 72.8 Å². The van der Waals surface area contributed by atoms with Crippen LogP contribution < -0.4 is 0 Å². The van der Waals surface area contributed by atoms with Gasteiger partial charge in [0.2, 0.25) is 0 Å². The zero-order valence-corrected chi connectivity index (χ0v) is 13.9. The van der Waals surface area contributed by atoms with Gasteiger partial charge in [0.1, 0.15) is 0 Å². The number of aliphatic carboxylic acids is 1. The van der Waals surface area contributed by atoms with Gasteiger partial charge in [-0.2, -0.15) is 0 Å². The highest BCUT2D eigenvalue weighted by atomic mass is 16.5. The van der Waals surface area contributed by atoms with Gasteiger partial charge in [0.15, 0.2) is 0 Å². The van der Waals surface area contributed by atoms with Gasteiger partial charge >= 0.3 is 11.9 Å². The minimum atomic E-state index is -0.991. The molecule has 2 aromatic rings. The average Bonchev–Trinajstić information content (AvgIpc) is 2.67. The number of carboxylic acids is 1. The van der Waals surface area contributed by atoms with Gasteiger partial charge in [0.05, 0.1) is 18.9 Å². The number of rotatable bonds is 4. The van der Waals surface area contributed by atoms with E-state index in [0.29, 0.717) is 0 Å². The van der Waals surface area contributed by atoms with Crippen molar-refractivity contribution in [2.24, 2.45) is 11.8 Å². The van der Waals surface area contributed by atoms with Crippen molar-refractivity contribution in [2.45, 2.75) is 11.8 Å². The fourth-order valence-corrected chi connectivity index (χ4v) is 3.65. The molecular weight excluding hydrogens is 316 g/mol. The summed E-state index contributed by atoms with van der Waals surface area (Å²) in [7, 11) is 1.30. The number of esters is 1. The first-order valence-corrected chi connectivity index (χ1v) is 8.22. The molecule has 0 unspecified atom stereocenters. The van der Waals surface area contributed by atoms with Crippen molar-refractivity contribution in [1.82, 2.24) is 0 Å². The highest BCUT2D eigenvalue weighted by molar-refractivity contribution is 5.84. The zero-order valence-electron chi connectivity index (χ0n) is 13.9. The standard InChI is InChI=1S/C21H20O4/c1-25-21(24)19-17(15-10-6-3-7-11-15)13-12-16(18(19)20(22)23)14-8-4-2-5-9-14/h2-13,16-19H,1H3,(H,22,23)/t16-,17+,18-,19+/m0/s1. The number of hydrogen-bond donors (Lipinski definition) is 1. The molecule has 1 aliphatic rings. The average molecular weight is 336 g/mol. The number of carboxylic acid groups (broad SMARTS) is 1. The summed E-state index contributed by atoms with van der Waals surface area (Å²) in [5.74, 6) is -3.84. The van der Waals surface area contributed by atoms with Crippen molar-refractivity contribution < 1.29 is 19.4 Å². The zero-order chi connectivity index (χ0) is 17.8. The predicted octanol–water partition coefficient (Wildman–Crippen LogP) is 3.61. The first kappa shape index (κ1) is 17.0. The normalized spacial score (nSPS) is 25.3. The maximum absolute atomic E-state index is 12.5. The van der Waals surface area contributed by atoms with Gasteiger partial charge in [-0.3, -0.25) is 9.59 Å². The minimum Gasteiger partial charge on any atom is -0.481 e. The van der Waals surface area contributed by atoms with Crippen LogP contribution in [-0.2, 0) is 14.3 Å². The van der Waals surface area contributed by atoms with Gasteiger partial charge in [0.25, 0.3) is 0 Å². The molecule has 0 radical (unpaired) electrons. The monoisotopic (exact) mass is 336 g/mol. The number of methoxy groups -OCH3 is 1. The quantitative estimate of drug-likeness (QED) is 0.684. The Balaban J connectivity index is 2.10. The number of benzene rings is 2. The Bertz CT molecular complexity index is 767. The number of ether oxygens (including phenoxy) is 1. The molecule has 0 heterocycles. The summed E-state index contributed by atoms with van der Waals surface area (Å²) in [6.45, 7) is 0. The summed E-state index contributed by atoms with van der Waals surface area (Å²) in [5.41, 5.74) is 1.79. The fourth-order valence-electron chi connectivity index (χ4n) is 3.65. The summed E-state index contributed by atoms with van der Waals surface area (Å²) in [6, 6.07) is 18.9. The van der Waals surface area contributed by atoms with Crippen LogP contribution in [0.1, 0.15) is 23.0 Å². The van der Waals surface area contributed by atoms with Gasteiger partial charge in [-0.1, -0.05) is 72.8 Å². The smallest absolute Gasteiger partial charge is 0.310 e. The number of hydrogen-bond acceptors (Lipinski definition) is 3. The first-order chi connectivity index (χ1) is 12.1. The topological polar surface area (TPSA) is 63.6 Å². The maximum atomic E-state index is 12.5. The molecule has 1 N–H and O–H groups in total. The van der Waals surface area contributed by atoms with Crippen molar-refractivity contribution in [1.29, 1.82) is 0 Å². The Labute approximate surface area is 146 Å². The summed E-state index contributed by atoms with van der Waals surface area (Å²) >= 11 is 0. The highest BCUT2D eigenvalue weighted by Gasteiger charge is 2.46. The Morgan fingerprint density at radius 1 is 0.800 bits per heavy atom. The lowest BCUT2D eigenvalue weighted by atomic mass is 9.66. The van der Waals surface area contributed by atoms with E-state index in [4.69, 9.17) is 4.74 Å². The molecule has 2 aromatic carbocycles. The number of carbonyl (C=O) groups is 2. The SMILES string of the molecule is COC(=O)[C@H]1[C@@H](C(=O)O)[C@H](c2ccccc2)C=C[C@@H]1c1ccccc1. The van der Waals surface area contributed by atoms with E-state index in [1.807, 2.05) is 72.8 Å². The minimum absolute atomic E-state index is 0.324. The van der Waals surface area contributed by atoms with Crippen LogP contribution >= 0.6 is 0 Å². The third-order valence-corrected chi connectivity index (χ3v) is 4.81. The molecule has 1 aliphatic carbocycles. The Morgan fingerprint density at radius 3 is 1.64 bits per heavy atom. The molecule has 4 heteroatoms. The van der Waals surface area contributed by atoms with Crippen molar-refractivity contribution in [3.05, 3.63) is 83.9 Å². The molecule has 4 atom stereocenters. The van der Waals surface area contributed by atoms with Gasteiger partial charge < -0.3 is 9.84 Å². The molecule has 0 saturated heterocycles. The van der Waals surface area contributed by atoms with Crippen LogP contribution in [0.3, 0.4) is 0 Å². The molecule has 0 saturated carbocycles. The lowest BCUT2D eigenvalue weighted by Gasteiger charge is -2.36. The fraction of sp³-hybridized carbons (Fsp3) is 0.238. The highest BCUT2D eigenvalue weighted by Crippen LogP contribution is 2.44. The van der Waals surface area contributed by atoms with Crippen molar-refractivity contribution in [3.8, 4) is 0 Å². The molecule has 0 fully saturated rings. The molecule has 4 nitrogen and oxygen atoms in total. The van der Waals surface area contributed by atoms with Gasteiger partial charge in [0, 0.05) is 11.8 Å². The second-order valence-corrected chi connectivity index (χ2v) is 6.17. The van der Waals surface area contributed by atoms with Crippen LogP contribution in [0, 0.1) is 11.8 Å². The van der Waals surface area contributed by atoms with Crippen LogP contribution in [0.4, 0.5) is 0 Å². The molecule has 0 aromatic heterocycles. The summed E-state index contributed by atoms with van der Waals surface area (Å²) in [4.78, 5) is 24.6. The lowest BCUT2D eigenvalue weighted by Crippen LogP contribution is -2.40. The van der Waals surface area contributed by atoms with Gasteiger partial charge in [-0.15, -0.1) is 0 Å². The van der Waals surface area contributed by atoms with Crippen LogP contribution in [0.2, 0.25) is 0 Å². The molecule has 0 bridgehead atoms. The Morgan fingerprint density at radius 2 is 1.24 bits per heavy atom. The second-order valence-electron chi connectivity index (χ2n) is 6.17. The van der Waals surface area contributed by atoms with E-state index in [1.54, 1.807) is 0 Å². The number of carbonyl (C=O) groups excluding carboxylic acids is 1. The van der Waals surface area contributed by atoms with Gasteiger partial charge in [-0.05, 0) is 11.1 Å². The van der Waals surface area contributed by atoms with E-state index < -0.39 is 23.8 Å². The second kappa shape index (κ2) is 7.34. The van der Waals surface area contributed by atoms with Crippen LogP contribution in [0.25, 0.3) is 0 Å². The van der Waals surface area contributed by atoms with Crippen molar-refractivity contribution >= 4 is 11.9 Å². The summed E-state index contributed by atoms with van der Waals surface area (Å²) < 4.78 is 4.97. The first-order valence-electron chi connectivity index (χ1n) is 8.22. The Kier molecular flexibility index (Phi) is 4.98. The van der Waals surface area contributed by atoms with Crippen LogP contribution in [-0.4, -0.2) is 24.2 Å². The molecule has 3 rings (SSSR count). The molecule has 0 amide bonds. The van der Waals surface area contributed by atoms with Crippen molar-refractivity contribution in [3.63, 3.8) is 0 Å². The van der Waals surface area contributed by atoms with Gasteiger partial charge in [-0.25, -0.2) is 0 Å². The third kappa shape index (κ3) is 3.33. The lowest BCUT2D eigenvalue weighted by molar-refractivity contribution is -0.157. The third-order valence-electron chi connectivity index (χ3n) is 4.81. The molecule has 25 heavy (non-hydrogen) atoms.